The molecule has 0 saturated heterocycles. The minimum absolute atomic E-state index is 0.0365. The van der Waals surface area contributed by atoms with Crippen LogP contribution in [0.5, 0.6) is 23.0 Å². The minimum Gasteiger partial charge on any atom is -0.507 e. The molecule has 30 heavy (non-hydrogen) atoms. The first-order valence-electron chi connectivity index (χ1n) is 10.0. The summed E-state index contributed by atoms with van der Waals surface area (Å²) in [6.45, 7) is 0.983. The van der Waals surface area contributed by atoms with Crippen LogP contribution >= 0.6 is 0 Å². The van der Waals surface area contributed by atoms with Crippen molar-refractivity contribution < 1.29 is 24.1 Å². The Balaban J connectivity index is 1.55. The first-order chi connectivity index (χ1) is 14.6. The van der Waals surface area contributed by atoms with E-state index in [0.717, 1.165) is 29.5 Å². The number of hydrogen-bond acceptors (Lipinski definition) is 6. The fourth-order valence-corrected chi connectivity index (χ4v) is 4.55. The molecule has 0 spiro atoms. The summed E-state index contributed by atoms with van der Waals surface area (Å²) < 4.78 is 16.9. The van der Waals surface area contributed by atoms with Crippen LogP contribution in [0.15, 0.2) is 42.5 Å². The van der Waals surface area contributed by atoms with Gasteiger partial charge in [0.15, 0.2) is 17.3 Å². The van der Waals surface area contributed by atoms with Crippen molar-refractivity contribution in [1.29, 1.82) is 0 Å². The minimum atomic E-state index is -0.184. The Hall–Kier alpha value is -3.25. The SMILES string of the molecule is COc1c2c(cc3c1C(CC(=O)c1ccc4ccccc4c1O)N(C)CC3)OCO2. The van der Waals surface area contributed by atoms with E-state index in [1.807, 2.05) is 43.4 Å². The van der Waals surface area contributed by atoms with Gasteiger partial charge in [0.05, 0.1) is 12.7 Å². The number of aromatic hydroxyl groups is 1. The number of ether oxygens (including phenoxy) is 3. The number of phenols is 1. The summed E-state index contributed by atoms with van der Waals surface area (Å²) in [7, 11) is 3.62. The van der Waals surface area contributed by atoms with Gasteiger partial charge in [-0.1, -0.05) is 30.3 Å². The zero-order valence-corrected chi connectivity index (χ0v) is 17.0. The van der Waals surface area contributed by atoms with Crippen molar-refractivity contribution in [3.63, 3.8) is 0 Å². The summed E-state index contributed by atoms with van der Waals surface area (Å²) in [5.41, 5.74) is 2.41. The van der Waals surface area contributed by atoms with E-state index < -0.39 is 0 Å². The first kappa shape index (κ1) is 18.8. The third kappa shape index (κ3) is 2.87. The molecular formula is C24H23NO5. The first-order valence-corrected chi connectivity index (χ1v) is 10.0. The van der Waals surface area contributed by atoms with Gasteiger partial charge in [0.25, 0.3) is 0 Å². The molecule has 1 atom stereocenters. The number of ketones is 1. The van der Waals surface area contributed by atoms with E-state index in [2.05, 4.69) is 4.90 Å². The lowest BCUT2D eigenvalue weighted by molar-refractivity contribution is 0.0923. The van der Waals surface area contributed by atoms with Gasteiger partial charge in [0.1, 0.15) is 5.75 Å². The topological polar surface area (TPSA) is 68.2 Å². The van der Waals surface area contributed by atoms with Gasteiger partial charge in [-0.25, -0.2) is 0 Å². The van der Waals surface area contributed by atoms with Gasteiger partial charge < -0.3 is 19.3 Å². The zero-order chi connectivity index (χ0) is 20.8. The van der Waals surface area contributed by atoms with Gasteiger partial charge in [-0.05, 0) is 36.6 Å². The molecule has 0 amide bonds. The second-order valence-electron chi connectivity index (χ2n) is 7.77. The van der Waals surface area contributed by atoms with E-state index in [1.54, 1.807) is 13.2 Å². The Morgan fingerprint density at radius 1 is 1.23 bits per heavy atom. The van der Waals surface area contributed by atoms with Gasteiger partial charge in [0.2, 0.25) is 12.5 Å². The maximum absolute atomic E-state index is 13.3. The van der Waals surface area contributed by atoms with Crippen molar-refractivity contribution in [2.24, 2.45) is 0 Å². The van der Waals surface area contributed by atoms with Gasteiger partial charge in [-0.2, -0.15) is 0 Å². The van der Waals surface area contributed by atoms with E-state index in [4.69, 9.17) is 14.2 Å². The summed E-state index contributed by atoms with van der Waals surface area (Å²) >= 11 is 0. The van der Waals surface area contributed by atoms with Gasteiger partial charge in [0, 0.05) is 30.0 Å². The molecule has 5 rings (SSSR count). The normalized spacial score (nSPS) is 17.7. The number of phenolic OH excluding ortho intramolecular Hbond substituents is 1. The summed E-state index contributed by atoms with van der Waals surface area (Å²) in [5, 5.41) is 12.3. The number of Topliss-reactive ketones (excluding diaryl/α,β-unsaturated/α-hetero) is 1. The Bertz CT molecular complexity index is 1160. The van der Waals surface area contributed by atoms with Crippen molar-refractivity contribution in [3.8, 4) is 23.0 Å². The summed E-state index contributed by atoms with van der Waals surface area (Å²) in [6.07, 6.45) is 1.07. The van der Waals surface area contributed by atoms with Crippen molar-refractivity contribution >= 4 is 16.6 Å². The number of fused-ring (bicyclic) bond motifs is 3. The summed E-state index contributed by atoms with van der Waals surface area (Å²) in [6, 6.07) is 12.9. The average molecular weight is 405 g/mol. The molecular weight excluding hydrogens is 382 g/mol. The molecule has 0 fully saturated rings. The molecule has 6 nitrogen and oxygen atoms in total. The van der Waals surface area contributed by atoms with Crippen LogP contribution in [-0.2, 0) is 6.42 Å². The molecule has 0 aliphatic carbocycles. The number of likely N-dealkylation sites (N-methyl/N-ethyl adjacent to an activating group) is 1. The number of carbonyl (C=O) groups is 1. The molecule has 2 aliphatic heterocycles. The van der Waals surface area contributed by atoms with E-state index >= 15 is 0 Å². The van der Waals surface area contributed by atoms with Gasteiger partial charge in [-0.15, -0.1) is 0 Å². The monoisotopic (exact) mass is 405 g/mol. The van der Waals surface area contributed by atoms with Crippen LogP contribution in [0, 0.1) is 0 Å². The highest BCUT2D eigenvalue weighted by atomic mass is 16.7. The standard InChI is InChI=1S/C24H23NO5/c1-25-10-9-15-11-20-23(30-13-29-20)24(28-2)21(15)18(25)12-19(26)17-8-7-14-5-3-4-6-16(14)22(17)27/h3-8,11,18,27H,9-10,12-13H2,1-2H3. The van der Waals surface area contributed by atoms with Crippen LogP contribution in [0.25, 0.3) is 10.8 Å². The van der Waals surface area contributed by atoms with E-state index in [-0.39, 0.29) is 30.8 Å². The van der Waals surface area contributed by atoms with Crippen LogP contribution < -0.4 is 14.2 Å². The van der Waals surface area contributed by atoms with E-state index in [1.165, 1.54) is 0 Å². The molecule has 0 radical (unpaired) electrons. The number of carbonyl (C=O) groups excluding carboxylic acids is 1. The predicted octanol–water partition coefficient (Wildman–Crippen LogP) is 4.08. The Morgan fingerprint density at radius 3 is 2.90 bits per heavy atom. The Kier molecular flexibility index (Phi) is 4.51. The Morgan fingerprint density at radius 2 is 2.07 bits per heavy atom. The highest BCUT2D eigenvalue weighted by Crippen LogP contribution is 2.50. The molecule has 154 valence electrons. The maximum atomic E-state index is 13.3. The third-order valence-electron chi connectivity index (χ3n) is 6.13. The molecule has 2 heterocycles. The van der Waals surface area contributed by atoms with Crippen molar-refractivity contribution in [1.82, 2.24) is 4.90 Å². The van der Waals surface area contributed by atoms with Crippen LogP contribution in [0.1, 0.15) is 33.9 Å². The van der Waals surface area contributed by atoms with E-state index in [9.17, 15) is 9.90 Å². The van der Waals surface area contributed by atoms with Crippen LogP contribution in [0.3, 0.4) is 0 Å². The smallest absolute Gasteiger partial charge is 0.231 e. The number of hydrogen-bond donors (Lipinski definition) is 1. The van der Waals surface area contributed by atoms with Crippen molar-refractivity contribution in [3.05, 3.63) is 59.2 Å². The highest BCUT2D eigenvalue weighted by molar-refractivity contribution is 6.05. The largest absolute Gasteiger partial charge is 0.507 e. The zero-order valence-electron chi connectivity index (χ0n) is 17.0. The number of benzene rings is 3. The molecule has 0 saturated carbocycles. The van der Waals surface area contributed by atoms with Crippen LogP contribution in [-0.4, -0.2) is 43.3 Å². The molecule has 6 heteroatoms. The van der Waals surface area contributed by atoms with Gasteiger partial charge >= 0.3 is 0 Å². The van der Waals surface area contributed by atoms with E-state index in [0.29, 0.717) is 28.2 Å². The Labute approximate surface area is 174 Å². The number of nitrogens with zero attached hydrogens (tertiary/aromatic N) is 1. The second-order valence-corrected chi connectivity index (χ2v) is 7.77. The van der Waals surface area contributed by atoms with Crippen LogP contribution in [0.4, 0.5) is 0 Å². The molecule has 0 bridgehead atoms. The summed E-state index contributed by atoms with van der Waals surface area (Å²) in [4.78, 5) is 15.4. The van der Waals surface area contributed by atoms with Crippen molar-refractivity contribution in [2.75, 3.05) is 27.5 Å². The molecule has 1 unspecified atom stereocenters. The van der Waals surface area contributed by atoms with Crippen molar-refractivity contribution in [2.45, 2.75) is 18.9 Å². The number of rotatable bonds is 4. The fourth-order valence-electron chi connectivity index (χ4n) is 4.55. The lowest BCUT2D eigenvalue weighted by Crippen LogP contribution is -2.34. The maximum Gasteiger partial charge on any atom is 0.231 e. The lowest BCUT2D eigenvalue weighted by Gasteiger charge is -2.35. The molecule has 1 N–H and O–H groups in total. The lowest BCUT2D eigenvalue weighted by atomic mass is 9.87. The highest BCUT2D eigenvalue weighted by Gasteiger charge is 2.35. The average Bonchev–Trinajstić information content (AvgIpc) is 3.23. The number of methoxy groups -OCH3 is 1. The third-order valence-corrected chi connectivity index (χ3v) is 6.13. The molecule has 0 aromatic heterocycles. The predicted molar refractivity (Wildman–Crippen MR) is 113 cm³/mol. The molecule has 3 aromatic carbocycles. The summed E-state index contributed by atoms with van der Waals surface area (Å²) in [5.74, 6) is 1.84. The second kappa shape index (κ2) is 7.22. The fraction of sp³-hybridized carbons (Fsp3) is 0.292. The molecule has 2 aliphatic rings. The quantitative estimate of drug-likeness (QED) is 0.660. The molecule has 3 aromatic rings. The van der Waals surface area contributed by atoms with Crippen LogP contribution in [0.2, 0.25) is 0 Å². The van der Waals surface area contributed by atoms with Gasteiger partial charge in [-0.3, -0.25) is 9.69 Å².